The molecule has 4 nitrogen and oxygen atoms in total. The Balaban J connectivity index is 1.83. The summed E-state index contributed by atoms with van der Waals surface area (Å²) in [4.78, 5) is 13.4. The van der Waals surface area contributed by atoms with Gasteiger partial charge in [-0.15, -0.1) is 11.3 Å². The fraction of sp³-hybridized carbons (Fsp3) is 0.188. The van der Waals surface area contributed by atoms with Gasteiger partial charge in [-0.1, -0.05) is 6.07 Å². The van der Waals surface area contributed by atoms with Crippen molar-refractivity contribution >= 4 is 28.2 Å². The third-order valence-electron chi connectivity index (χ3n) is 3.10. The van der Waals surface area contributed by atoms with Crippen LogP contribution in [0, 0.1) is 0 Å². The van der Waals surface area contributed by atoms with E-state index in [0.717, 1.165) is 10.3 Å². The number of rotatable bonds is 5. The molecule has 0 spiro atoms. The molecule has 108 valence electrons. The number of carbonyl (C=O) groups excluding carboxylic acids is 1. The quantitative estimate of drug-likeness (QED) is 0.779. The van der Waals surface area contributed by atoms with Gasteiger partial charge < -0.3 is 14.5 Å². The van der Waals surface area contributed by atoms with Gasteiger partial charge in [-0.2, -0.15) is 0 Å². The Morgan fingerprint density at radius 3 is 3.05 bits per heavy atom. The first-order valence-corrected chi connectivity index (χ1v) is 7.60. The molecule has 0 aliphatic rings. The Morgan fingerprint density at radius 1 is 1.38 bits per heavy atom. The lowest BCUT2D eigenvalue weighted by Crippen LogP contribution is -2.22. The number of carbonyl (C=O) groups is 1. The van der Waals surface area contributed by atoms with E-state index in [2.05, 4.69) is 5.32 Å². The summed E-state index contributed by atoms with van der Waals surface area (Å²) in [6.07, 6.45) is 1.60. The minimum Gasteiger partial charge on any atom is -0.493 e. The van der Waals surface area contributed by atoms with Crippen molar-refractivity contribution in [1.82, 2.24) is 5.32 Å². The Morgan fingerprint density at radius 2 is 2.29 bits per heavy atom. The van der Waals surface area contributed by atoms with E-state index in [0.29, 0.717) is 30.0 Å². The zero-order valence-electron chi connectivity index (χ0n) is 11.6. The molecule has 0 radical (unpaired) electrons. The molecule has 0 atom stereocenters. The van der Waals surface area contributed by atoms with Gasteiger partial charge in [0, 0.05) is 10.4 Å². The van der Waals surface area contributed by atoms with Gasteiger partial charge in [0.1, 0.15) is 11.3 Å². The lowest BCUT2D eigenvalue weighted by molar-refractivity contribution is 0.0951. The highest BCUT2D eigenvalue weighted by Crippen LogP contribution is 2.28. The molecule has 21 heavy (non-hydrogen) atoms. The van der Waals surface area contributed by atoms with Gasteiger partial charge >= 0.3 is 0 Å². The second-order valence-corrected chi connectivity index (χ2v) is 5.53. The highest BCUT2D eigenvalue weighted by atomic mass is 32.1. The van der Waals surface area contributed by atoms with Crippen LogP contribution in [0.25, 0.3) is 11.0 Å². The summed E-state index contributed by atoms with van der Waals surface area (Å²) in [6, 6.07) is 9.29. The molecule has 1 amide bonds. The molecule has 0 saturated carbocycles. The summed E-state index contributed by atoms with van der Waals surface area (Å²) in [5.41, 5.74) is 1.19. The van der Waals surface area contributed by atoms with Crippen LogP contribution in [0.5, 0.6) is 5.75 Å². The summed E-state index contributed by atoms with van der Waals surface area (Å²) in [6.45, 7) is 2.98. The smallest absolute Gasteiger partial charge is 0.251 e. The molecule has 2 heterocycles. The maximum absolute atomic E-state index is 12.3. The van der Waals surface area contributed by atoms with E-state index < -0.39 is 0 Å². The number of hydrogen-bond acceptors (Lipinski definition) is 4. The van der Waals surface area contributed by atoms with Crippen molar-refractivity contribution in [2.24, 2.45) is 0 Å². The van der Waals surface area contributed by atoms with Crippen molar-refractivity contribution in [3.63, 3.8) is 0 Å². The van der Waals surface area contributed by atoms with Crippen LogP contribution >= 0.6 is 11.3 Å². The fourth-order valence-electron chi connectivity index (χ4n) is 2.13. The van der Waals surface area contributed by atoms with E-state index >= 15 is 0 Å². The molecule has 5 heteroatoms. The lowest BCUT2D eigenvalue weighted by Gasteiger charge is -2.08. The molecule has 0 fully saturated rings. The third kappa shape index (κ3) is 2.92. The molecule has 0 saturated heterocycles. The lowest BCUT2D eigenvalue weighted by atomic mass is 10.1. The summed E-state index contributed by atoms with van der Waals surface area (Å²) in [5, 5.41) is 5.77. The van der Waals surface area contributed by atoms with Crippen molar-refractivity contribution in [1.29, 1.82) is 0 Å². The summed E-state index contributed by atoms with van der Waals surface area (Å²) in [7, 11) is 0. The number of furan rings is 1. The highest BCUT2D eigenvalue weighted by Gasteiger charge is 2.13. The van der Waals surface area contributed by atoms with Crippen molar-refractivity contribution in [3.05, 3.63) is 52.4 Å². The number of amides is 1. The predicted molar refractivity (Wildman–Crippen MR) is 82.9 cm³/mol. The summed E-state index contributed by atoms with van der Waals surface area (Å²) < 4.78 is 11.0. The number of fused-ring (bicyclic) bond motifs is 1. The average Bonchev–Trinajstić information content (AvgIpc) is 3.16. The standard InChI is InChI=1S/C16H15NO3S/c1-2-19-14-8-11(9-15-13(14)5-6-20-15)16(18)17-10-12-4-3-7-21-12/h3-9H,2,10H2,1H3,(H,17,18). The zero-order chi connectivity index (χ0) is 14.7. The van der Waals surface area contributed by atoms with Gasteiger partial charge in [0.25, 0.3) is 5.91 Å². The molecule has 1 N–H and O–H groups in total. The van der Waals surface area contributed by atoms with E-state index in [1.54, 1.807) is 29.7 Å². The van der Waals surface area contributed by atoms with Crippen LogP contribution < -0.4 is 10.1 Å². The van der Waals surface area contributed by atoms with Gasteiger partial charge in [-0.05, 0) is 36.6 Å². The predicted octanol–water partition coefficient (Wildman–Crippen LogP) is 3.82. The van der Waals surface area contributed by atoms with Crippen LogP contribution in [0.15, 0.2) is 46.4 Å². The maximum atomic E-state index is 12.3. The van der Waals surface area contributed by atoms with Gasteiger partial charge in [-0.3, -0.25) is 4.79 Å². The Kier molecular flexibility index (Phi) is 3.92. The van der Waals surface area contributed by atoms with Gasteiger partial charge in [0.2, 0.25) is 0 Å². The van der Waals surface area contributed by atoms with Gasteiger partial charge in [-0.25, -0.2) is 0 Å². The monoisotopic (exact) mass is 301 g/mol. The van der Waals surface area contributed by atoms with Crippen LogP contribution in [0.2, 0.25) is 0 Å². The third-order valence-corrected chi connectivity index (χ3v) is 3.98. The summed E-state index contributed by atoms with van der Waals surface area (Å²) >= 11 is 1.62. The zero-order valence-corrected chi connectivity index (χ0v) is 12.4. The largest absolute Gasteiger partial charge is 0.493 e. The number of ether oxygens (including phenoxy) is 1. The van der Waals surface area contributed by atoms with E-state index in [9.17, 15) is 4.79 Å². The Bertz CT molecular complexity index is 746. The average molecular weight is 301 g/mol. The van der Waals surface area contributed by atoms with Crippen molar-refractivity contribution < 1.29 is 13.9 Å². The highest BCUT2D eigenvalue weighted by molar-refractivity contribution is 7.09. The second kappa shape index (κ2) is 6.01. The van der Waals surface area contributed by atoms with Crippen LogP contribution in [0.4, 0.5) is 0 Å². The molecule has 0 aliphatic carbocycles. The second-order valence-electron chi connectivity index (χ2n) is 4.50. The minimum atomic E-state index is -0.136. The molecule has 3 rings (SSSR count). The Hall–Kier alpha value is -2.27. The first-order valence-electron chi connectivity index (χ1n) is 6.72. The number of nitrogens with one attached hydrogen (secondary N) is 1. The van der Waals surface area contributed by atoms with E-state index in [1.807, 2.05) is 30.5 Å². The number of benzene rings is 1. The van der Waals surface area contributed by atoms with Crippen molar-refractivity contribution in [3.8, 4) is 5.75 Å². The van der Waals surface area contributed by atoms with Crippen LogP contribution in [-0.4, -0.2) is 12.5 Å². The van der Waals surface area contributed by atoms with E-state index in [1.165, 1.54) is 0 Å². The molecule has 2 aromatic heterocycles. The molecule has 1 aromatic carbocycles. The number of hydrogen-bond donors (Lipinski definition) is 1. The van der Waals surface area contributed by atoms with Crippen molar-refractivity contribution in [2.45, 2.75) is 13.5 Å². The Labute approximate surface area is 126 Å². The van der Waals surface area contributed by atoms with Crippen LogP contribution in [-0.2, 0) is 6.54 Å². The minimum absolute atomic E-state index is 0.136. The van der Waals surface area contributed by atoms with Crippen LogP contribution in [0.1, 0.15) is 22.2 Å². The van der Waals surface area contributed by atoms with Gasteiger partial charge in [0.15, 0.2) is 0 Å². The topological polar surface area (TPSA) is 51.5 Å². The first-order chi connectivity index (χ1) is 10.3. The first kappa shape index (κ1) is 13.7. The molecule has 0 unspecified atom stereocenters. The molecule has 3 aromatic rings. The number of thiophene rings is 1. The molecular formula is C16H15NO3S. The SMILES string of the molecule is CCOc1cc(C(=O)NCc2cccs2)cc2occc12. The fourth-order valence-corrected chi connectivity index (χ4v) is 2.77. The maximum Gasteiger partial charge on any atom is 0.251 e. The van der Waals surface area contributed by atoms with Gasteiger partial charge in [0.05, 0.1) is 24.8 Å². The van der Waals surface area contributed by atoms with Crippen LogP contribution in [0.3, 0.4) is 0 Å². The van der Waals surface area contributed by atoms with Crippen molar-refractivity contribution in [2.75, 3.05) is 6.61 Å². The molecule has 0 bridgehead atoms. The molecule has 0 aliphatic heterocycles. The normalized spacial score (nSPS) is 10.7. The summed E-state index contributed by atoms with van der Waals surface area (Å²) in [5.74, 6) is 0.535. The molecular weight excluding hydrogens is 286 g/mol. The van der Waals surface area contributed by atoms with E-state index in [-0.39, 0.29) is 5.91 Å². The van der Waals surface area contributed by atoms with E-state index in [4.69, 9.17) is 9.15 Å².